The van der Waals surface area contributed by atoms with Crippen LogP contribution in [0, 0.1) is 0 Å². The van der Waals surface area contributed by atoms with Crippen LogP contribution in [0.2, 0.25) is 0 Å². The van der Waals surface area contributed by atoms with Gasteiger partial charge in [0, 0.05) is 5.88 Å². The highest BCUT2D eigenvalue weighted by Gasteiger charge is 1.90. The lowest BCUT2D eigenvalue weighted by Crippen LogP contribution is -1.97. The Bertz CT molecular complexity index is 66.2. The number of nitrogens with two attached hydrogens (primary N) is 1. The average molecular weight is 192 g/mol. The smallest absolute Gasteiger partial charge is 0.0223 e. The second-order valence-corrected chi connectivity index (χ2v) is 3.68. The van der Waals surface area contributed by atoms with Crippen molar-refractivity contribution in [3.8, 4) is 0 Å². The molecule has 0 bridgehead atoms. The Balaban J connectivity index is 2.73. The predicted octanol–water partition coefficient (Wildman–Crippen LogP) is 3.30. The van der Waals surface area contributed by atoms with Crippen molar-refractivity contribution in [1.29, 1.82) is 0 Å². The van der Waals surface area contributed by atoms with Gasteiger partial charge in [-0.1, -0.05) is 38.5 Å². The Labute approximate surface area is 81.7 Å². The molecule has 2 heteroatoms. The van der Waals surface area contributed by atoms with E-state index < -0.39 is 0 Å². The first-order chi connectivity index (χ1) is 5.91. The van der Waals surface area contributed by atoms with E-state index in [1.165, 1.54) is 51.4 Å². The van der Waals surface area contributed by atoms with Crippen molar-refractivity contribution in [2.24, 2.45) is 5.73 Å². The maximum Gasteiger partial charge on any atom is 0.0223 e. The minimum Gasteiger partial charge on any atom is -0.330 e. The third-order valence-electron chi connectivity index (χ3n) is 2.09. The van der Waals surface area contributed by atoms with Crippen molar-refractivity contribution >= 4 is 11.6 Å². The fraction of sp³-hybridized carbons (Fsp3) is 1.00. The Hall–Kier alpha value is 0.250. The summed E-state index contributed by atoms with van der Waals surface area (Å²) in [7, 11) is 0. The molecule has 0 aromatic carbocycles. The van der Waals surface area contributed by atoms with Crippen molar-refractivity contribution in [1.82, 2.24) is 0 Å². The van der Waals surface area contributed by atoms with E-state index in [9.17, 15) is 0 Å². The summed E-state index contributed by atoms with van der Waals surface area (Å²) in [4.78, 5) is 0. The van der Waals surface area contributed by atoms with Gasteiger partial charge >= 0.3 is 0 Å². The van der Waals surface area contributed by atoms with Gasteiger partial charge in [-0.25, -0.2) is 0 Å². The topological polar surface area (TPSA) is 26.0 Å². The Morgan fingerprint density at radius 2 is 1.08 bits per heavy atom. The monoisotopic (exact) mass is 191 g/mol. The van der Waals surface area contributed by atoms with Crippen LogP contribution in [0.1, 0.15) is 51.4 Å². The van der Waals surface area contributed by atoms with Gasteiger partial charge in [-0.05, 0) is 19.4 Å². The second kappa shape index (κ2) is 11.2. The maximum atomic E-state index is 5.57. The fourth-order valence-corrected chi connectivity index (χ4v) is 1.49. The molecule has 1 nitrogen and oxygen atoms in total. The normalized spacial score (nSPS) is 10.5. The van der Waals surface area contributed by atoms with Crippen LogP contribution in [0.15, 0.2) is 0 Å². The lowest BCUT2D eigenvalue weighted by atomic mass is 10.1. The molecule has 0 saturated heterocycles. The van der Waals surface area contributed by atoms with Crippen LogP contribution in [0.5, 0.6) is 0 Å². The molecule has 0 spiro atoms. The number of alkyl halides is 1. The van der Waals surface area contributed by atoms with E-state index in [2.05, 4.69) is 0 Å². The van der Waals surface area contributed by atoms with Gasteiger partial charge in [0.2, 0.25) is 0 Å². The van der Waals surface area contributed by atoms with Crippen LogP contribution in [0.25, 0.3) is 0 Å². The molecule has 0 saturated carbocycles. The first-order valence-electron chi connectivity index (χ1n) is 5.18. The van der Waals surface area contributed by atoms with Crippen LogP contribution >= 0.6 is 11.6 Å². The van der Waals surface area contributed by atoms with Gasteiger partial charge in [0.1, 0.15) is 0 Å². The molecule has 0 radical (unpaired) electrons. The third kappa shape index (κ3) is 10.2. The molecule has 2 N–H and O–H groups in total. The zero-order valence-electron chi connectivity index (χ0n) is 8.03. The van der Waals surface area contributed by atoms with E-state index in [1.807, 2.05) is 0 Å². The number of unbranched alkanes of at least 4 members (excludes halogenated alkanes) is 7. The minimum absolute atomic E-state index is 0.827. The van der Waals surface area contributed by atoms with E-state index in [1.54, 1.807) is 0 Å². The van der Waals surface area contributed by atoms with Crippen LogP contribution in [0.3, 0.4) is 0 Å². The SMILES string of the molecule is NCCCCCCCCCCCl. The first kappa shape index (κ1) is 12.2. The Morgan fingerprint density at radius 3 is 1.50 bits per heavy atom. The van der Waals surface area contributed by atoms with Crippen LogP contribution in [-0.2, 0) is 0 Å². The van der Waals surface area contributed by atoms with Gasteiger partial charge in [-0.3, -0.25) is 0 Å². The highest BCUT2D eigenvalue weighted by atomic mass is 35.5. The van der Waals surface area contributed by atoms with Crippen molar-refractivity contribution in [3.63, 3.8) is 0 Å². The van der Waals surface area contributed by atoms with Gasteiger partial charge in [0.15, 0.2) is 0 Å². The largest absolute Gasteiger partial charge is 0.330 e. The first-order valence-corrected chi connectivity index (χ1v) is 5.71. The quantitative estimate of drug-likeness (QED) is 0.439. The summed E-state index contributed by atoms with van der Waals surface area (Å²) in [5.41, 5.74) is 5.39. The summed E-state index contributed by atoms with van der Waals surface area (Å²) in [5.74, 6) is 0.827. The average Bonchev–Trinajstić information content (AvgIpc) is 2.10. The molecule has 0 atom stereocenters. The van der Waals surface area contributed by atoms with E-state index in [4.69, 9.17) is 17.3 Å². The number of hydrogen-bond acceptors (Lipinski definition) is 1. The van der Waals surface area contributed by atoms with E-state index in [-0.39, 0.29) is 0 Å². The molecule has 0 unspecified atom stereocenters. The predicted molar refractivity (Wildman–Crippen MR) is 56.7 cm³/mol. The van der Waals surface area contributed by atoms with Crippen molar-refractivity contribution < 1.29 is 0 Å². The lowest BCUT2D eigenvalue weighted by Gasteiger charge is -1.99. The standard InChI is InChI=1S/C10H22ClN/c11-9-7-5-3-1-2-4-6-8-10-12/h1-10,12H2. The third-order valence-corrected chi connectivity index (χ3v) is 2.36. The molecule has 0 amide bonds. The Morgan fingerprint density at radius 1 is 0.667 bits per heavy atom. The van der Waals surface area contributed by atoms with Crippen LogP contribution in [0.4, 0.5) is 0 Å². The van der Waals surface area contributed by atoms with Gasteiger partial charge in [0.25, 0.3) is 0 Å². The molecule has 0 fully saturated rings. The summed E-state index contributed by atoms with van der Waals surface area (Å²) in [6.07, 6.45) is 10.5. The summed E-state index contributed by atoms with van der Waals surface area (Å²) < 4.78 is 0. The molecule has 0 aromatic heterocycles. The molecule has 0 aliphatic carbocycles. The molecular weight excluding hydrogens is 170 g/mol. The molecule has 0 rings (SSSR count). The summed E-state index contributed by atoms with van der Waals surface area (Å²) in [5, 5.41) is 0. The van der Waals surface area contributed by atoms with E-state index in [0.29, 0.717) is 0 Å². The number of rotatable bonds is 9. The lowest BCUT2D eigenvalue weighted by molar-refractivity contribution is 0.579. The maximum absolute atomic E-state index is 5.57. The van der Waals surface area contributed by atoms with Crippen molar-refractivity contribution in [2.45, 2.75) is 51.4 Å². The van der Waals surface area contributed by atoms with Crippen molar-refractivity contribution in [2.75, 3.05) is 12.4 Å². The van der Waals surface area contributed by atoms with Gasteiger partial charge < -0.3 is 5.73 Å². The molecule has 0 aromatic rings. The minimum atomic E-state index is 0.827. The van der Waals surface area contributed by atoms with E-state index in [0.717, 1.165) is 12.4 Å². The van der Waals surface area contributed by atoms with Crippen molar-refractivity contribution in [3.05, 3.63) is 0 Å². The molecule has 74 valence electrons. The fourth-order valence-electron chi connectivity index (χ4n) is 1.30. The van der Waals surface area contributed by atoms with E-state index >= 15 is 0 Å². The Kier molecular flexibility index (Phi) is 11.5. The molecule has 0 aliphatic rings. The van der Waals surface area contributed by atoms with Crippen LogP contribution in [-0.4, -0.2) is 12.4 Å². The second-order valence-electron chi connectivity index (χ2n) is 3.31. The van der Waals surface area contributed by atoms with Gasteiger partial charge in [0.05, 0.1) is 0 Å². The summed E-state index contributed by atoms with van der Waals surface area (Å²) >= 11 is 5.57. The highest BCUT2D eigenvalue weighted by molar-refractivity contribution is 6.17. The summed E-state index contributed by atoms with van der Waals surface area (Å²) in [6.45, 7) is 0.853. The number of halogens is 1. The van der Waals surface area contributed by atoms with Crippen LogP contribution < -0.4 is 5.73 Å². The molecule has 12 heavy (non-hydrogen) atoms. The molecular formula is C10H22ClN. The summed E-state index contributed by atoms with van der Waals surface area (Å²) in [6, 6.07) is 0. The highest BCUT2D eigenvalue weighted by Crippen LogP contribution is 2.08. The molecule has 0 heterocycles. The number of hydrogen-bond donors (Lipinski definition) is 1. The zero-order valence-corrected chi connectivity index (χ0v) is 8.78. The van der Waals surface area contributed by atoms with Gasteiger partial charge in [-0.15, -0.1) is 11.6 Å². The molecule has 0 aliphatic heterocycles. The zero-order chi connectivity index (χ0) is 9.07. The van der Waals surface area contributed by atoms with Gasteiger partial charge in [-0.2, -0.15) is 0 Å².